The molecule has 0 fully saturated rings. The van der Waals surface area contributed by atoms with Gasteiger partial charge in [0.15, 0.2) is 0 Å². The first-order valence-electron chi connectivity index (χ1n) is 5.74. The van der Waals surface area contributed by atoms with E-state index >= 15 is 0 Å². The molecule has 8 heteroatoms. The third-order valence-electron chi connectivity index (χ3n) is 2.42. The Balaban J connectivity index is 0.00000200. The Bertz CT molecular complexity index is 572. The van der Waals surface area contributed by atoms with Crippen LogP contribution in [0.4, 0.5) is 11.5 Å². The normalized spacial score (nSPS) is 9.85. The predicted octanol–water partition coefficient (Wildman–Crippen LogP) is 1.18. The number of nitrogen functional groups attached to an aromatic ring is 1. The molecule has 0 saturated heterocycles. The lowest BCUT2D eigenvalue weighted by Gasteiger charge is -2.02. The van der Waals surface area contributed by atoms with Gasteiger partial charge in [0.1, 0.15) is 11.5 Å². The van der Waals surface area contributed by atoms with Crippen LogP contribution in [0.2, 0.25) is 0 Å². The molecule has 1 amide bonds. The lowest BCUT2D eigenvalue weighted by Crippen LogP contribution is -2.14. The molecule has 0 spiro atoms. The number of amides is 1. The van der Waals surface area contributed by atoms with E-state index in [1.807, 2.05) is 0 Å². The van der Waals surface area contributed by atoms with Crippen LogP contribution in [0, 0.1) is 0 Å². The second-order valence-corrected chi connectivity index (χ2v) is 3.89. The van der Waals surface area contributed by atoms with Crippen LogP contribution in [-0.4, -0.2) is 34.4 Å². The van der Waals surface area contributed by atoms with Crippen LogP contribution < -0.4 is 11.1 Å². The number of carbonyl (C=O) groups excluding carboxylic acids is 1. The summed E-state index contributed by atoms with van der Waals surface area (Å²) in [5, 5.41) is 6.80. The SMILES string of the molecule is COCCn1cc(NC(=O)c2cccc(N)n2)cn1.Cl. The number of rotatable bonds is 5. The number of hydrogen-bond donors (Lipinski definition) is 2. The zero-order valence-electron chi connectivity index (χ0n) is 10.9. The minimum absolute atomic E-state index is 0. The number of pyridine rings is 1. The van der Waals surface area contributed by atoms with Crippen LogP contribution >= 0.6 is 12.4 Å². The molecule has 0 aliphatic carbocycles. The number of nitrogens with two attached hydrogens (primary N) is 1. The van der Waals surface area contributed by atoms with E-state index in [1.165, 1.54) is 0 Å². The fourth-order valence-electron chi connectivity index (χ4n) is 1.51. The summed E-state index contributed by atoms with van der Waals surface area (Å²) in [6.07, 6.45) is 3.29. The minimum atomic E-state index is -0.321. The smallest absolute Gasteiger partial charge is 0.274 e. The average molecular weight is 298 g/mol. The van der Waals surface area contributed by atoms with Gasteiger partial charge in [-0.3, -0.25) is 9.48 Å². The van der Waals surface area contributed by atoms with Crippen molar-refractivity contribution in [1.29, 1.82) is 0 Å². The van der Waals surface area contributed by atoms with Crippen molar-refractivity contribution in [3.8, 4) is 0 Å². The second kappa shape index (κ2) is 7.46. The number of aromatic nitrogens is 3. The maximum atomic E-state index is 11.9. The van der Waals surface area contributed by atoms with Crippen molar-refractivity contribution >= 4 is 29.8 Å². The molecule has 0 radical (unpaired) electrons. The van der Waals surface area contributed by atoms with E-state index < -0.39 is 0 Å². The van der Waals surface area contributed by atoms with Crippen molar-refractivity contribution in [2.24, 2.45) is 0 Å². The fourth-order valence-corrected chi connectivity index (χ4v) is 1.51. The van der Waals surface area contributed by atoms with Crippen LogP contribution in [0.25, 0.3) is 0 Å². The number of halogens is 1. The first-order valence-corrected chi connectivity index (χ1v) is 5.74. The summed E-state index contributed by atoms with van der Waals surface area (Å²) in [6, 6.07) is 4.90. The zero-order valence-corrected chi connectivity index (χ0v) is 11.8. The largest absolute Gasteiger partial charge is 0.384 e. The third kappa shape index (κ3) is 4.22. The summed E-state index contributed by atoms with van der Waals surface area (Å²) in [5.74, 6) is -0.0120. The standard InChI is InChI=1S/C12H15N5O2.ClH/c1-19-6-5-17-8-9(7-14-17)15-12(18)10-3-2-4-11(13)16-10;/h2-4,7-8H,5-6H2,1H3,(H2,13,16)(H,15,18);1H. The third-order valence-corrected chi connectivity index (χ3v) is 2.42. The molecule has 108 valence electrons. The number of ether oxygens (including phenoxy) is 1. The Morgan fingerprint density at radius 3 is 3.00 bits per heavy atom. The van der Waals surface area contributed by atoms with Gasteiger partial charge in [-0.25, -0.2) is 4.98 Å². The van der Waals surface area contributed by atoms with Crippen molar-refractivity contribution in [3.05, 3.63) is 36.3 Å². The number of nitrogens with one attached hydrogen (secondary N) is 1. The quantitative estimate of drug-likeness (QED) is 0.864. The summed E-state index contributed by atoms with van der Waals surface area (Å²) < 4.78 is 6.63. The van der Waals surface area contributed by atoms with E-state index in [-0.39, 0.29) is 24.0 Å². The monoisotopic (exact) mass is 297 g/mol. The molecule has 2 heterocycles. The topological polar surface area (TPSA) is 95.1 Å². The summed E-state index contributed by atoms with van der Waals surface area (Å²) in [7, 11) is 1.62. The highest BCUT2D eigenvalue weighted by molar-refractivity contribution is 6.02. The number of methoxy groups -OCH3 is 1. The summed E-state index contributed by atoms with van der Waals surface area (Å²) in [5.41, 5.74) is 6.40. The summed E-state index contributed by atoms with van der Waals surface area (Å²) >= 11 is 0. The second-order valence-electron chi connectivity index (χ2n) is 3.89. The van der Waals surface area contributed by atoms with Gasteiger partial charge in [-0.15, -0.1) is 12.4 Å². The number of anilines is 2. The molecule has 0 aromatic carbocycles. The molecule has 0 unspecified atom stereocenters. The molecule has 2 aromatic rings. The highest BCUT2D eigenvalue weighted by Crippen LogP contribution is 2.08. The van der Waals surface area contributed by atoms with Crippen LogP contribution in [0.5, 0.6) is 0 Å². The molecule has 20 heavy (non-hydrogen) atoms. The van der Waals surface area contributed by atoms with Gasteiger partial charge in [0, 0.05) is 13.3 Å². The molecular formula is C12H16ClN5O2. The Morgan fingerprint density at radius 1 is 1.50 bits per heavy atom. The van der Waals surface area contributed by atoms with E-state index in [0.717, 1.165) is 0 Å². The van der Waals surface area contributed by atoms with Gasteiger partial charge in [-0.1, -0.05) is 6.07 Å². The van der Waals surface area contributed by atoms with E-state index in [9.17, 15) is 4.79 Å². The van der Waals surface area contributed by atoms with E-state index in [4.69, 9.17) is 10.5 Å². The molecule has 2 rings (SSSR count). The zero-order chi connectivity index (χ0) is 13.7. The molecule has 3 N–H and O–H groups in total. The van der Waals surface area contributed by atoms with Gasteiger partial charge in [-0.2, -0.15) is 5.10 Å². The first kappa shape index (κ1) is 15.9. The van der Waals surface area contributed by atoms with Gasteiger partial charge >= 0.3 is 0 Å². The number of nitrogens with zero attached hydrogens (tertiary/aromatic N) is 3. The predicted molar refractivity (Wildman–Crippen MR) is 78.0 cm³/mol. The van der Waals surface area contributed by atoms with Gasteiger partial charge in [0.25, 0.3) is 5.91 Å². The number of hydrogen-bond acceptors (Lipinski definition) is 5. The lowest BCUT2D eigenvalue weighted by molar-refractivity contribution is 0.102. The molecule has 2 aromatic heterocycles. The highest BCUT2D eigenvalue weighted by Gasteiger charge is 2.09. The molecular weight excluding hydrogens is 282 g/mol. The van der Waals surface area contributed by atoms with Crippen LogP contribution in [0.3, 0.4) is 0 Å². The van der Waals surface area contributed by atoms with Crippen LogP contribution in [0.1, 0.15) is 10.5 Å². The molecule has 0 bridgehead atoms. The van der Waals surface area contributed by atoms with Gasteiger partial charge in [-0.05, 0) is 12.1 Å². The Labute approximate surface area is 122 Å². The van der Waals surface area contributed by atoms with E-state index in [0.29, 0.717) is 24.7 Å². The number of carbonyl (C=O) groups is 1. The highest BCUT2D eigenvalue weighted by atomic mass is 35.5. The molecule has 0 aliphatic rings. The van der Waals surface area contributed by atoms with Crippen LogP contribution in [0.15, 0.2) is 30.6 Å². The van der Waals surface area contributed by atoms with Crippen molar-refractivity contribution in [1.82, 2.24) is 14.8 Å². The van der Waals surface area contributed by atoms with E-state index in [1.54, 1.807) is 42.4 Å². The Hall–Kier alpha value is -2.12. The molecule has 0 aliphatic heterocycles. The van der Waals surface area contributed by atoms with Gasteiger partial charge < -0.3 is 15.8 Å². The average Bonchev–Trinajstić information content (AvgIpc) is 2.84. The summed E-state index contributed by atoms with van der Waals surface area (Å²) in [6.45, 7) is 1.19. The maximum Gasteiger partial charge on any atom is 0.274 e. The molecule has 7 nitrogen and oxygen atoms in total. The van der Waals surface area contributed by atoms with Gasteiger partial charge in [0.05, 0.1) is 25.0 Å². The van der Waals surface area contributed by atoms with Crippen molar-refractivity contribution in [2.45, 2.75) is 6.54 Å². The summed E-state index contributed by atoms with van der Waals surface area (Å²) in [4.78, 5) is 15.8. The molecule has 0 atom stereocenters. The van der Waals surface area contributed by atoms with E-state index in [2.05, 4.69) is 15.4 Å². The van der Waals surface area contributed by atoms with Crippen molar-refractivity contribution < 1.29 is 9.53 Å². The Morgan fingerprint density at radius 2 is 2.30 bits per heavy atom. The molecule has 0 saturated carbocycles. The maximum absolute atomic E-state index is 11.9. The lowest BCUT2D eigenvalue weighted by atomic mass is 10.3. The first-order chi connectivity index (χ1) is 9.19. The fraction of sp³-hybridized carbons (Fsp3) is 0.250. The van der Waals surface area contributed by atoms with Gasteiger partial charge in [0.2, 0.25) is 0 Å². The van der Waals surface area contributed by atoms with Crippen molar-refractivity contribution in [3.63, 3.8) is 0 Å². The minimum Gasteiger partial charge on any atom is -0.384 e. The van der Waals surface area contributed by atoms with Crippen LogP contribution in [-0.2, 0) is 11.3 Å². The Kier molecular flexibility index (Phi) is 5.95. The van der Waals surface area contributed by atoms with Crippen molar-refractivity contribution in [2.75, 3.05) is 24.8 Å².